The minimum Gasteiger partial charge on any atom is -0.396 e. The van der Waals surface area contributed by atoms with Crippen LogP contribution in [0.2, 0.25) is 0 Å². The number of nitrogens with one attached hydrogen (secondary N) is 1. The van der Waals surface area contributed by atoms with Gasteiger partial charge in [-0.15, -0.1) is 0 Å². The fourth-order valence-electron chi connectivity index (χ4n) is 2.00. The molecule has 1 unspecified atom stereocenters. The van der Waals surface area contributed by atoms with Gasteiger partial charge in [0.15, 0.2) is 0 Å². The van der Waals surface area contributed by atoms with E-state index in [9.17, 15) is 17.2 Å². The van der Waals surface area contributed by atoms with Crippen molar-refractivity contribution in [3.8, 4) is 0 Å². The number of hydrogen-bond acceptors (Lipinski definition) is 4. The van der Waals surface area contributed by atoms with Crippen LogP contribution in [0.4, 0.5) is 14.5 Å². The van der Waals surface area contributed by atoms with Crippen LogP contribution in [0.1, 0.15) is 19.3 Å². The molecule has 112 valence electrons. The number of ether oxygens (including phenoxy) is 1. The predicted octanol–water partition coefficient (Wildman–Crippen LogP) is 1.39. The summed E-state index contributed by atoms with van der Waals surface area (Å²) in [6.07, 6.45) is 2.44. The monoisotopic (exact) mass is 306 g/mol. The van der Waals surface area contributed by atoms with Gasteiger partial charge in [-0.3, -0.25) is 0 Å². The molecule has 1 aromatic carbocycles. The van der Waals surface area contributed by atoms with E-state index >= 15 is 0 Å². The molecule has 0 aromatic heterocycles. The van der Waals surface area contributed by atoms with E-state index in [-0.39, 0.29) is 12.6 Å². The van der Waals surface area contributed by atoms with Crippen molar-refractivity contribution >= 4 is 15.7 Å². The zero-order chi connectivity index (χ0) is 14.8. The van der Waals surface area contributed by atoms with E-state index in [0.717, 1.165) is 25.3 Å². The standard InChI is InChI=1S/C12H16F2N2O3S/c13-9-5-10(14)12(6-11(9)15)20(17,18)16-7-8-3-1-2-4-19-8/h5-6,8,16H,1-4,7,15H2. The van der Waals surface area contributed by atoms with Crippen LogP contribution in [0.3, 0.4) is 0 Å². The van der Waals surface area contributed by atoms with Gasteiger partial charge >= 0.3 is 0 Å². The van der Waals surface area contributed by atoms with Crippen molar-refractivity contribution in [2.24, 2.45) is 0 Å². The van der Waals surface area contributed by atoms with Crippen LogP contribution in [-0.2, 0) is 14.8 Å². The first kappa shape index (κ1) is 15.1. The van der Waals surface area contributed by atoms with Crippen LogP contribution < -0.4 is 10.5 Å². The summed E-state index contributed by atoms with van der Waals surface area (Å²) in [7, 11) is -4.08. The summed E-state index contributed by atoms with van der Waals surface area (Å²) < 4.78 is 58.2. The van der Waals surface area contributed by atoms with E-state index in [1.807, 2.05) is 0 Å². The van der Waals surface area contributed by atoms with Crippen molar-refractivity contribution in [2.75, 3.05) is 18.9 Å². The molecule has 0 bridgehead atoms. The summed E-state index contributed by atoms with van der Waals surface area (Å²) >= 11 is 0. The highest BCUT2D eigenvalue weighted by Crippen LogP contribution is 2.21. The zero-order valence-corrected chi connectivity index (χ0v) is 11.6. The fraction of sp³-hybridized carbons (Fsp3) is 0.500. The molecule has 0 spiro atoms. The Morgan fingerprint density at radius 1 is 1.30 bits per heavy atom. The molecule has 0 radical (unpaired) electrons. The first-order valence-corrected chi connectivity index (χ1v) is 7.74. The number of halogens is 2. The number of sulfonamides is 1. The summed E-state index contributed by atoms with van der Waals surface area (Å²) in [5.74, 6) is -2.16. The van der Waals surface area contributed by atoms with E-state index in [0.29, 0.717) is 12.7 Å². The lowest BCUT2D eigenvalue weighted by atomic mass is 10.1. The predicted molar refractivity (Wildman–Crippen MR) is 69.5 cm³/mol. The molecule has 1 fully saturated rings. The van der Waals surface area contributed by atoms with Crippen LogP contribution in [0.15, 0.2) is 17.0 Å². The molecule has 1 atom stereocenters. The van der Waals surface area contributed by atoms with Gasteiger partial charge in [-0.2, -0.15) is 0 Å². The van der Waals surface area contributed by atoms with Crippen LogP contribution in [0, 0.1) is 11.6 Å². The lowest BCUT2D eigenvalue weighted by Crippen LogP contribution is -2.35. The van der Waals surface area contributed by atoms with Crippen molar-refractivity contribution in [3.63, 3.8) is 0 Å². The van der Waals surface area contributed by atoms with Gasteiger partial charge in [-0.05, 0) is 25.3 Å². The quantitative estimate of drug-likeness (QED) is 0.824. The normalized spacial score (nSPS) is 20.0. The van der Waals surface area contributed by atoms with Crippen molar-refractivity contribution in [1.29, 1.82) is 0 Å². The third kappa shape index (κ3) is 3.44. The maximum Gasteiger partial charge on any atom is 0.243 e. The lowest BCUT2D eigenvalue weighted by molar-refractivity contribution is 0.0200. The van der Waals surface area contributed by atoms with Crippen molar-refractivity contribution in [2.45, 2.75) is 30.3 Å². The molecule has 1 aromatic rings. The molecule has 1 saturated heterocycles. The van der Waals surface area contributed by atoms with Gasteiger partial charge in [0.1, 0.15) is 16.5 Å². The second-order valence-electron chi connectivity index (χ2n) is 4.64. The highest BCUT2D eigenvalue weighted by Gasteiger charge is 2.23. The van der Waals surface area contributed by atoms with Gasteiger partial charge in [0.05, 0.1) is 11.8 Å². The highest BCUT2D eigenvalue weighted by molar-refractivity contribution is 7.89. The smallest absolute Gasteiger partial charge is 0.243 e. The number of nitrogens with two attached hydrogens (primary N) is 1. The summed E-state index contributed by atoms with van der Waals surface area (Å²) in [6.45, 7) is 0.642. The Kier molecular flexibility index (Phi) is 4.56. The average Bonchev–Trinajstić information content (AvgIpc) is 2.42. The molecule has 1 aliphatic rings. The Hall–Kier alpha value is -1.25. The molecule has 1 heterocycles. The van der Waals surface area contributed by atoms with Gasteiger partial charge in [0.25, 0.3) is 0 Å². The van der Waals surface area contributed by atoms with Gasteiger partial charge in [-0.25, -0.2) is 21.9 Å². The molecule has 20 heavy (non-hydrogen) atoms. The Balaban J connectivity index is 2.11. The second kappa shape index (κ2) is 6.02. The summed E-state index contributed by atoms with van der Waals surface area (Å²) in [6, 6.07) is 1.23. The Labute approximate surface area is 116 Å². The third-order valence-corrected chi connectivity index (χ3v) is 4.55. The van der Waals surface area contributed by atoms with E-state index in [2.05, 4.69) is 4.72 Å². The molecule has 8 heteroatoms. The Bertz CT molecular complexity index is 587. The molecular formula is C12H16F2N2O3S. The minimum absolute atomic E-state index is 0.0546. The fourth-order valence-corrected chi connectivity index (χ4v) is 3.16. The summed E-state index contributed by atoms with van der Waals surface area (Å²) in [5, 5.41) is 0. The van der Waals surface area contributed by atoms with Gasteiger partial charge in [-0.1, -0.05) is 0 Å². The average molecular weight is 306 g/mol. The van der Waals surface area contributed by atoms with Crippen molar-refractivity contribution in [3.05, 3.63) is 23.8 Å². The number of anilines is 1. The molecule has 2 rings (SSSR count). The molecule has 1 aliphatic heterocycles. The van der Waals surface area contributed by atoms with Gasteiger partial charge < -0.3 is 10.5 Å². The first-order chi connectivity index (χ1) is 9.40. The topological polar surface area (TPSA) is 81.4 Å². The molecule has 0 saturated carbocycles. The number of benzene rings is 1. The largest absolute Gasteiger partial charge is 0.396 e. The zero-order valence-electron chi connectivity index (χ0n) is 10.7. The number of hydrogen-bond donors (Lipinski definition) is 2. The SMILES string of the molecule is Nc1cc(S(=O)(=O)NCC2CCCCO2)c(F)cc1F. The van der Waals surface area contributed by atoms with Crippen LogP contribution >= 0.6 is 0 Å². The third-order valence-electron chi connectivity index (χ3n) is 3.12. The number of rotatable bonds is 4. The van der Waals surface area contributed by atoms with E-state index < -0.39 is 32.2 Å². The summed E-state index contributed by atoms with van der Waals surface area (Å²) in [4.78, 5) is -0.660. The van der Waals surface area contributed by atoms with E-state index in [4.69, 9.17) is 10.5 Å². The van der Waals surface area contributed by atoms with Gasteiger partial charge in [0, 0.05) is 19.2 Å². The molecular weight excluding hydrogens is 290 g/mol. The minimum atomic E-state index is -4.08. The molecule has 0 aliphatic carbocycles. The van der Waals surface area contributed by atoms with Crippen LogP contribution in [0.5, 0.6) is 0 Å². The van der Waals surface area contributed by atoms with E-state index in [1.165, 1.54) is 0 Å². The highest BCUT2D eigenvalue weighted by atomic mass is 32.2. The van der Waals surface area contributed by atoms with Crippen LogP contribution in [0.25, 0.3) is 0 Å². The number of nitrogen functional groups attached to an aromatic ring is 1. The lowest BCUT2D eigenvalue weighted by Gasteiger charge is -2.22. The summed E-state index contributed by atoms with van der Waals surface area (Å²) in [5.41, 5.74) is 4.85. The first-order valence-electron chi connectivity index (χ1n) is 6.26. The van der Waals surface area contributed by atoms with E-state index in [1.54, 1.807) is 0 Å². The molecule has 3 N–H and O–H groups in total. The van der Waals surface area contributed by atoms with Crippen molar-refractivity contribution < 1.29 is 21.9 Å². The van der Waals surface area contributed by atoms with Gasteiger partial charge in [0.2, 0.25) is 10.0 Å². The van der Waals surface area contributed by atoms with Crippen LogP contribution in [-0.4, -0.2) is 27.7 Å². The maximum absolute atomic E-state index is 13.5. The Morgan fingerprint density at radius 3 is 2.70 bits per heavy atom. The maximum atomic E-state index is 13.5. The molecule has 5 nitrogen and oxygen atoms in total. The second-order valence-corrected chi connectivity index (χ2v) is 6.38. The van der Waals surface area contributed by atoms with Crippen molar-refractivity contribution in [1.82, 2.24) is 4.72 Å². The molecule has 0 amide bonds. The Morgan fingerprint density at radius 2 is 2.05 bits per heavy atom.